The van der Waals surface area contributed by atoms with Crippen molar-refractivity contribution in [3.8, 4) is 0 Å². The van der Waals surface area contributed by atoms with Crippen LogP contribution in [0.1, 0.15) is 38.2 Å². The van der Waals surface area contributed by atoms with Crippen LogP contribution >= 0.6 is 0 Å². The largest absolute Gasteiger partial charge is 0.481 e. The molecule has 0 heterocycles. The van der Waals surface area contributed by atoms with E-state index in [4.69, 9.17) is 0 Å². The molecule has 0 bridgehead atoms. The number of allylic oxidation sites excluding steroid dienone is 2. The molecule has 1 aromatic rings. The molecule has 0 saturated heterocycles. The number of nitrogens with one attached hydrogen (secondary N) is 1. The first-order valence-corrected chi connectivity index (χ1v) is 7.28. The monoisotopic (exact) mass is 287 g/mol. The summed E-state index contributed by atoms with van der Waals surface area (Å²) in [5.74, 6) is -1.96. The topological polar surface area (TPSA) is 66.4 Å². The number of carbonyl (C=O) groups excluding carboxylic acids is 1. The second-order valence-electron chi connectivity index (χ2n) is 5.73. The number of amides is 1. The molecule has 0 saturated carbocycles. The van der Waals surface area contributed by atoms with E-state index < -0.39 is 17.8 Å². The van der Waals surface area contributed by atoms with Gasteiger partial charge in [-0.05, 0) is 30.4 Å². The van der Waals surface area contributed by atoms with Crippen LogP contribution in [0, 0.1) is 11.8 Å². The molecule has 1 amide bonds. The van der Waals surface area contributed by atoms with Crippen molar-refractivity contribution in [1.29, 1.82) is 0 Å². The van der Waals surface area contributed by atoms with Gasteiger partial charge in [-0.2, -0.15) is 0 Å². The van der Waals surface area contributed by atoms with Crippen LogP contribution in [0.3, 0.4) is 0 Å². The number of hydrogen-bond donors (Lipinski definition) is 2. The molecule has 1 aliphatic rings. The Kier molecular flexibility index (Phi) is 4.78. The van der Waals surface area contributed by atoms with E-state index in [1.54, 1.807) is 0 Å². The van der Waals surface area contributed by atoms with Crippen LogP contribution in [0.2, 0.25) is 0 Å². The average Bonchev–Trinajstić information content (AvgIpc) is 2.47. The highest BCUT2D eigenvalue weighted by atomic mass is 16.4. The van der Waals surface area contributed by atoms with Crippen LogP contribution < -0.4 is 5.32 Å². The average molecular weight is 287 g/mol. The minimum Gasteiger partial charge on any atom is -0.481 e. The molecule has 0 fully saturated rings. The fourth-order valence-corrected chi connectivity index (χ4v) is 2.72. The molecule has 0 aliphatic heterocycles. The van der Waals surface area contributed by atoms with Crippen molar-refractivity contribution in [2.45, 2.75) is 32.6 Å². The Morgan fingerprint density at radius 2 is 1.76 bits per heavy atom. The zero-order valence-corrected chi connectivity index (χ0v) is 12.4. The minimum atomic E-state index is -0.906. The predicted octanol–water partition coefficient (Wildman–Crippen LogP) is 3.42. The van der Waals surface area contributed by atoms with Gasteiger partial charge in [0.1, 0.15) is 0 Å². The van der Waals surface area contributed by atoms with E-state index in [0.717, 1.165) is 11.3 Å². The number of aliphatic carboxylic acids is 1. The van der Waals surface area contributed by atoms with Crippen molar-refractivity contribution in [2.75, 3.05) is 5.32 Å². The minimum absolute atomic E-state index is 0.208. The van der Waals surface area contributed by atoms with Gasteiger partial charge in [-0.3, -0.25) is 9.59 Å². The molecule has 2 rings (SSSR count). The van der Waals surface area contributed by atoms with Crippen LogP contribution in [0.25, 0.3) is 0 Å². The van der Waals surface area contributed by atoms with Crippen LogP contribution in [0.15, 0.2) is 36.4 Å². The summed E-state index contributed by atoms with van der Waals surface area (Å²) in [6, 6.07) is 7.66. The highest BCUT2D eigenvalue weighted by Crippen LogP contribution is 2.29. The maximum absolute atomic E-state index is 12.4. The fourth-order valence-electron chi connectivity index (χ4n) is 2.72. The van der Waals surface area contributed by atoms with Crippen molar-refractivity contribution in [1.82, 2.24) is 0 Å². The van der Waals surface area contributed by atoms with E-state index >= 15 is 0 Å². The van der Waals surface area contributed by atoms with Crippen LogP contribution in [-0.2, 0) is 9.59 Å². The van der Waals surface area contributed by atoms with Gasteiger partial charge in [0.2, 0.25) is 5.91 Å². The van der Waals surface area contributed by atoms with Crippen molar-refractivity contribution >= 4 is 17.6 Å². The summed E-state index contributed by atoms with van der Waals surface area (Å²) in [5.41, 5.74) is 1.83. The lowest BCUT2D eigenvalue weighted by atomic mass is 9.82. The summed E-state index contributed by atoms with van der Waals surface area (Å²) in [6.07, 6.45) is 4.62. The number of carbonyl (C=O) groups is 2. The number of hydrogen-bond acceptors (Lipinski definition) is 2. The summed E-state index contributed by atoms with van der Waals surface area (Å²) < 4.78 is 0. The van der Waals surface area contributed by atoms with E-state index in [9.17, 15) is 14.7 Å². The van der Waals surface area contributed by atoms with Gasteiger partial charge >= 0.3 is 5.97 Å². The second-order valence-corrected chi connectivity index (χ2v) is 5.73. The fraction of sp³-hybridized carbons (Fsp3) is 0.412. The van der Waals surface area contributed by atoms with E-state index in [1.165, 1.54) is 0 Å². The summed E-state index contributed by atoms with van der Waals surface area (Å²) in [4.78, 5) is 23.7. The van der Waals surface area contributed by atoms with E-state index in [-0.39, 0.29) is 5.91 Å². The molecule has 21 heavy (non-hydrogen) atoms. The quantitative estimate of drug-likeness (QED) is 0.834. The predicted molar refractivity (Wildman–Crippen MR) is 82.2 cm³/mol. The Hall–Kier alpha value is -2.10. The van der Waals surface area contributed by atoms with Crippen LogP contribution in [0.5, 0.6) is 0 Å². The van der Waals surface area contributed by atoms with Gasteiger partial charge in [0.25, 0.3) is 0 Å². The lowest BCUT2D eigenvalue weighted by Crippen LogP contribution is -2.35. The van der Waals surface area contributed by atoms with Gasteiger partial charge in [0.05, 0.1) is 11.8 Å². The number of rotatable bonds is 4. The maximum Gasteiger partial charge on any atom is 0.307 e. The van der Waals surface area contributed by atoms with Crippen molar-refractivity contribution in [2.24, 2.45) is 11.8 Å². The SMILES string of the molecule is CC(C)c1ccccc1NC(=O)[C@H]1CC=CC[C@@H]1C(=O)O. The molecule has 0 radical (unpaired) electrons. The third-order valence-corrected chi connectivity index (χ3v) is 3.93. The molecule has 112 valence electrons. The van der Waals surface area contributed by atoms with Gasteiger partial charge in [-0.15, -0.1) is 0 Å². The molecule has 0 aromatic heterocycles. The summed E-state index contributed by atoms with van der Waals surface area (Å²) in [6.45, 7) is 4.13. The first kappa shape index (κ1) is 15.3. The lowest BCUT2D eigenvalue weighted by molar-refractivity contribution is -0.146. The second kappa shape index (κ2) is 6.57. The third kappa shape index (κ3) is 3.51. The van der Waals surface area contributed by atoms with Gasteiger partial charge in [0.15, 0.2) is 0 Å². The summed E-state index contributed by atoms with van der Waals surface area (Å²) in [5, 5.41) is 12.2. The van der Waals surface area contributed by atoms with Crippen LogP contribution in [0.4, 0.5) is 5.69 Å². The van der Waals surface area contributed by atoms with Gasteiger partial charge in [-0.1, -0.05) is 44.2 Å². The molecule has 2 N–H and O–H groups in total. The first-order chi connectivity index (χ1) is 10.0. The molecule has 0 spiro atoms. The smallest absolute Gasteiger partial charge is 0.307 e. The van der Waals surface area contributed by atoms with Crippen molar-refractivity contribution < 1.29 is 14.7 Å². The van der Waals surface area contributed by atoms with E-state index in [1.807, 2.05) is 36.4 Å². The first-order valence-electron chi connectivity index (χ1n) is 7.28. The highest BCUT2D eigenvalue weighted by molar-refractivity contribution is 5.96. The Labute approximate surface area is 124 Å². The summed E-state index contributed by atoms with van der Waals surface area (Å²) >= 11 is 0. The van der Waals surface area contributed by atoms with Gasteiger partial charge < -0.3 is 10.4 Å². The molecule has 2 atom stereocenters. The zero-order chi connectivity index (χ0) is 15.4. The molecule has 4 heteroatoms. The van der Waals surface area contributed by atoms with Crippen molar-refractivity contribution in [3.63, 3.8) is 0 Å². The molecule has 4 nitrogen and oxygen atoms in total. The zero-order valence-electron chi connectivity index (χ0n) is 12.4. The molecule has 0 unspecified atom stereocenters. The third-order valence-electron chi connectivity index (χ3n) is 3.93. The number of benzene rings is 1. The molecular formula is C17H21NO3. The van der Waals surface area contributed by atoms with E-state index in [2.05, 4.69) is 19.2 Å². The van der Waals surface area contributed by atoms with Gasteiger partial charge in [0, 0.05) is 5.69 Å². The standard InChI is InChI=1S/C17H21NO3/c1-11(2)12-7-5-6-10-15(12)18-16(19)13-8-3-4-9-14(13)17(20)21/h3-7,10-11,13-14H,8-9H2,1-2H3,(H,18,19)(H,20,21)/t13-,14-/m0/s1. The molecule has 1 aliphatic carbocycles. The summed E-state index contributed by atoms with van der Waals surface area (Å²) in [7, 11) is 0. The normalized spacial score (nSPS) is 21.3. The molecular weight excluding hydrogens is 266 g/mol. The van der Waals surface area contributed by atoms with E-state index in [0.29, 0.717) is 18.8 Å². The Morgan fingerprint density at radius 1 is 1.14 bits per heavy atom. The number of anilines is 1. The lowest BCUT2D eigenvalue weighted by Gasteiger charge is -2.25. The Balaban J connectivity index is 2.18. The number of carboxylic acids is 1. The number of carboxylic acid groups (broad SMARTS) is 1. The number of para-hydroxylation sites is 1. The van der Waals surface area contributed by atoms with Crippen LogP contribution in [-0.4, -0.2) is 17.0 Å². The maximum atomic E-state index is 12.4. The Bertz CT molecular complexity index is 563. The van der Waals surface area contributed by atoms with Crippen molar-refractivity contribution in [3.05, 3.63) is 42.0 Å². The highest BCUT2D eigenvalue weighted by Gasteiger charge is 2.34. The molecule has 1 aromatic carbocycles. The Morgan fingerprint density at radius 3 is 2.38 bits per heavy atom. The van der Waals surface area contributed by atoms with Gasteiger partial charge in [-0.25, -0.2) is 0 Å².